The number of ether oxygens (including phenoxy) is 1. The molecule has 0 aliphatic heterocycles. The Morgan fingerprint density at radius 3 is 2.47 bits per heavy atom. The van der Waals surface area contributed by atoms with E-state index in [9.17, 15) is 9.18 Å². The summed E-state index contributed by atoms with van der Waals surface area (Å²) in [6.07, 6.45) is 0. The van der Waals surface area contributed by atoms with E-state index in [-0.39, 0.29) is 0 Å². The topological polar surface area (TPSA) is 52.3 Å². The molecular formula is C13H8Br2FNO2. The second kappa shape index (κ2) is 5.71. The van der Waals surface area contributed by atoms with E-state index in [2.05, 4.69) is 31.9 Å². The van der Waals surface area contributed by atoms with Crippen molar-refractivity contribution in [3.8, 4) is 11.5 Å². The number of carbonyl (C=O) groups excluding carboxylic acids is 1. The van der Waals surface area contributed by atoms with Gasteiger partial charge >= 0.3 is 0 Å². The van der Waals surface area contributed by atoms with Crippen molar-refractivity contribution in [3.63, 3.8) is 0 Å². The SMILES string of the molecule is NC(=O)c1ccc(Oc2cc(F)ccc2Br)cc1Br. The van der Waals surface area contributed by atoms with Crippen LogP contribution >= 0.6 is 31.9 Å². The first-order chi connectivity index (χ1) is 8.97. The van der Waals surface area contributed by atoms with E-state index >= 15 is 0 Å². The third-order valence-electron chi connectivity index (χ3n) is 2.33. The Bertz CT molecular complexity index is 647. The fourth-order valence-corrected chi connectivity index (χ4v) is 2.32. The molecule has 0 spiro atoms. The minimum atomic E-state index is -0.537. The first-order valence-corrected chi connectivity index (χ1v) is 6.78. The van der Waals surface area contributed by atoms with Gasteiger partial charge in [-0.25, -0.2) is 4.39 Å². The number of nitrogens with two attached hydrogens (primary N) is 1. The summed E-state index contributed by atoms with van der Waals surface area (Å²) in [4.78, 5) is 11.1. The van der Waals surface area contributed by atoms with Gasteiger partial charge in [0.25, 0.3) is 0 Å². The minimum Gasteiger partial charge on any atom is -0.456 e. The number of primary amides is 1. The van der Waals surface area contributed by atoms with E-state index in [1.807, 2.05) is 0 Å². The van der Waals surface area contributed by atoms with Gasteiger partial charge in [0.15, 0.2) is 0 Å². The molecule has 6 heteroatoms. The molecule has 19 heavy (non-hydrogen) atoms. The molecule has 0 atom stereocenters. The highest BCUT2D eigenvalue weighted by Gasteiger charge is 2.09. The van der Waals surface area contributed by atoms with Crippen LogP contribution in [0.15, 0.2) is 45.3 Å². The van der Waals surface area contributed by atoms with Gasteiger partial charge in [-0.15, -0.1) is 0 Å². The average molecular weight is 389 g/mol. The van der Waals surface area contributed by atoms with Crippen molar-refractivity contribution >= 4 is 37.8 Å². The van der Waals surface area contributed by atoms with Gasteiger partial charge in [0.2, 0.25) is 5.91 Å². The molecule has 2 rings (SSSR count). The van der Waals surface area contributed by atoms with Crippen molar-refractivity contribution in [2.45, 2.75) is 0 Å². The van der Waals surface area contributed by atoms with Crippen LogP contribution in [-0.2, 0) is 0 Å². The maximum absolute atomic E-state index is 13.1. The molecule has 3 nitrogen and oxygen atoms in total. The molecule has 0 saturated carbocycles. The quantitative estimate of drug-likeness (QED) is 0.854. The highest BCUT2D eigenvalue weighted by molar-refractivity contribution is 9.10. The minimum absolute atomic E-state index is 0.346. The van der Waals surface area contributed by atoms with E-state index in [0.717, 1.165) is 0 Å². The molecule has 0 heterocycles. The van der Waals surface area contributed by atoms with Crippen LogP contribution in [0.2, 0.25) is 0 Å². The first-order valence-electron chi connectivity index (χ1n) is 5.19. The molecule has 0 fully saturated rings. The van der Waals surface area contributed by atoms with E-state index < -0.39 is 11.7 Å². The highest BCUT2D eigenvalue weighted by atomic mass is 79.9. The molecule has 0 unspecified atom stereocenters. The summed E-state index contributed by atoms with van der Waals surface area (Å²) < 4.78 is 19.8. The average Bonchev–Trinajstić information content (AvgIpc) is 2.33. The Balaban J connectivity index is 2.31. The molecule has 0 radical (unpaired) electrons. The lowest BCUT2D eigenvalue weighted by Gasteiger charge is -2.09. The van der Waals surface area contributed by atoms with E-state index in [4.69, 9.17) is 10.5 Å². The molecule has 2 N–H and O–H groups in total. The summed E-state index contributed by atoms with van der Waals surface area (Å²) in [6.45, 7) is 0. The largest absolute Gasteiger partial charge is 0.456 e. The predicted octanol–water partition coefficient (Wildman–Crippen LogP) is 4.24. The second-order valence-corrected chi connectivity index (χ2v) is 5.39. The van der Waals surface area contributed by atoms with Crippen LogP contribution in [0.25, 0.3) is 0 Å². The van der Waals surface area contributed by atoms with Crippen LogP contribution in [0.1, 0.15) is 10.4 Å². The monoisotopic (exact) mass is 387 g/mol. The van der Waals surface area contributed by atoms with Gasteiger partial charge in [-0.2, -0.15) is 0 Å². The van der Waals surface area contributed by atoms with Gasteiger partial charge in [0.1, 0.15) is 17.3 Å². The van der Waals surface area contributed by atoms with E-state index in [1.54, 1.807) is 18.2 Å². The Morgan fingerprint density at radius 1 is 1.11 bits per heavy atom. The number of hydrogen-bond acceptors (Lipinski definition) is 2. The summed E-state index contributed by atoms with van der Waals surface area (Å²) in [5.74, 6) is -0.127. The van der Waals surface area contributed by atoms with Crippen LogP contribution in [0.3, 0.4) is 0 Å². The highest BCUT2D eigenvalue weighted by Crippen LogP contribution is 2.32. The van der Waals surface area contributed by atoms with Crippen molar-refractivity contribution in [1.29, 1.82) is 0 Å². The number of carbonyl (C=O) groups is 1. The molecule has 0 aliphatic rings. The standard InChI is InChI=1S/C13H8Br2FNO2/c14-10-4-1-7(16)5-12(10)19-8-2-3-9(13(17)18)11(15)6-8/h1-6H,(H2,17,18). The van der Waals surface area contributed by atoms with Gasteiger partial charge in [-0.1, -0.05) is 0 Å². The Hall–Kier alpha value is -1.40. The zero-order valence-electron chi connectivity index (χ0n) is 9.49. The fraction of sp³-hybridized carbons (Fsp3) is 0. The van der Waals surface area contributed by atoms with Gasteiger partial charge < -0.3 is 10.5 Å². The molecule has 98 valence electrons. The van der Waals surface area contributed by atoms with Gasteiger partial charge in [-0.3, -0.25) is 4.79 Å². The van der Waals surface area contributed by atoms with Crippen molar-refractivity contribution < 1.29 is 13.9 Å². The van der Waals surface area contributed by atoms with E-state index in [0.29, 0.717) is 26.0 Å². The normalized spacial score (nSPS) is 10.3. The predicted molar refractivity (Wildman–Crippen MR) is 76.8 cm³/mol. The van der Waals surface area contributed by atoms with Crippen molar-refractivity contribution in [1.82, 2.24) is 0 Å². The van der Waals surface area contributed by atoms with Gasteiger partial charge in [0, 0.05) is 10.5 Å². The molecule has 0 saturated heterocycles. The Kier molecular flexibility index (Phi) is 4.21. The van der Waals surface area contributed by atoms with E-state index in [1.165, 1.54) is 18.2 Å². The van der Waals surface area contributed by atoms with Gasteiger partial charge in [0.05, 0.1) is 10.0 Å². The molecule has 0 aromatic heterocycles. The van der Waals surface area contributed by atoms with Crippen molar-refractivity contribution in [3.05, 3.63) is 56.7 Å². The summed E-state index contributed by atoms with van der Waals surface area (Å²) >= 11 is 6.49. The maximum atomic E-state index is 13.1. The van der Waals surface area contributed by atoms with Crippen LogP contribution < -0.4 is 10.5 Å². The van der Waals surface area contributed by atoms with Crippen molar-refractivity contribution in [2.75, 3.05) is 0 Å². The number of halogens is 3. The maximum Gasteiger partial charge on any atom is 0.249 e. The second-order valence-electron chi connectivity index (χ2n) is 3.68. The number of amides is 1. The summed E-state index contributed by atoms with van der Waals surface area (Å²) in [5.41, 5.74) is 5.55. The smallest absolute Gasteiger partial charge is 0.249 e. The van der Waals surface area contributed by atoms with Gasteiger partial charge in [-0.05, 0) is 62.2 Å². The van der Waals surface area contributed by atoms with Crippen LogP contribution in [0, 0.1) is 5.82 Å². The zero-order valence-corrected chi connectivity index (χ0v) is 12.7. The molecule has 2 aromatic rings. The third kappa shape index (κ3) is 3.33. The third-order valence-corrected chi connectivity index (χ3v) is 3.64. The summed E-state index contributed by atoms with van der Waals surface area (Å²) in [7, 11) is 0. The number of hydrogen-bond donors (Lipinski definition) is 1. The Labute approximate surface area is 125 Å². The number of rotatable bonds is 3. The van der Waals surface area contributed by atoms with Crippen LogP contribution in [0.4, 0.5) is 4.39 Å². The lowest BCUT2D eigenvalue weighted by molar-refractivity contribution is 0.0999. The fourth-order valence-electron chi connectivity index (χ4n) is 1.44. The lowest BCUT2D eigenvalue weighted by Crippen LogP contribution is -2.11. The molecule has 0 bridgehead atoms. The molecule has 2 aromatic carbocycles. The zero-order chi connectivity index (χ0) is 14.0. The first kappa shape index (κ1) is 14.0. The Morgan fingerprint density at radius 2 is 1.84 bits per heavy atom. The summed E-state index contributed by atoms with van der Waals surface area (Å²) in [5, 5.41) is 0. The van der Waals surface area contributed by atoms with Crippen molar-refractivity contribution in [2.24, 2.45) is 5.73 Å². The molecule has 0 aliphatic carbocycles. The molecular weight excluding hydrogens is 381 g/mol. The summed E-state index contributed by atoms with van der Waals surface area (Å²) in [6, 6.07) is 8.86. The number of benzene rings is 2. The lowest BCUT2D eigenvalue weighted by atomic mass is 10.2. The van der Waals surface area contributed by atoms with Crippen LogP contribution in [-0.4, -0.2) is 5.91 Å². The molecule has 1 amide bonds. The van der Waals surface area contributed by atoms with Crippen LogP contribution in [0.5, 0.6) is 11.5 Å².